The highest BCUT2D eigenvalue weighted by Gasteiger charge is 2.65. The van der Waals surface area contributed by atoms with Crippen LogP contribution in [0.15, 0.2) is 36.4 Å². The van der Waals surface area contributed by atoms with E-state index in [1.807, 2.05) is 35.2 Å². The first-order chi connectivity index (χ1) is 14.0. The minimum absolute atomic E-state index is 0.0524. The van der Waals surface area contributed by atoms with Gasteiger partial charge in [-0.25, -0.2) is 0 Å². The smallest absolute Gasteiger partial charge is 0.247 e. The molecule has 5 rings (SSSR count). The normalized spacial score (nSPS) is 28.5. The van der Waals surface area contributed by atoms with Crippen molar-refractivity contribution in [3.8, 4) is 5.75 Å². The Kier molecular flexibility index (Phi) is 4.40. The molecule has 7 heteroatoms. The summed E-state index contributed by atoms with van der Waals surface area (Å²) in [6.45, 7) is 3.23. The molecule has 1 aromatic heterocycles. The molecule has 3 fully saturated rings. The number of rotatable bonds is 4. The lowest BCUT2D eigenvalue weighted by atomic mass is 9.85. The van der Waals surface area contributed by atoms with Crippen LogP contribution in [0.25, 0.3) is 0 Å². The van der Waals surface area contributed by atoms with E-state index in [0.29, 0.717) is 5.92 Å². The molecule has 3 aliphatic heterocycles. The second-order valence-corrected chi connectivity index (χ2v) is 9.29. The van der Waals surface area contributed by atoms with Crippen molar-refractivity contribution in [1.29, 1.82) is 0 Å². The van der Waals surface area contributed by atoms with Crippen LogP contribution in [0.2, 0.25) is 0 Å². The van der Waals surface area contributed by atoms with Gasteiger partial charge in [-0.15, -0.1) is 11.3 Å². The van der Waals surface area contributed by atoms with Crippen LogP contribution in [0.1, 0.15) is 37.1 Å². The van der Waals surface area contributed by atoms with Crippen LogP contribution in [-0.4, -0.2) is 42.5 Å². The zero-order valence-corrected chi connectivity index (χ0v) is 17.5. The average Bonchev–Trinajstić information content (AvgIpc) is 3.44. The Morgan fingerprint density at radius 3 is 2.97 bits per heavy atom. The fraction of sp³-hybridized carbons (Fsp3) is 0.455. The second-order valence-electron chi connectivity index (χ2n) is 8.17. The van der Waals surface area contributed by atoms with Crippen molar-refractivity contribution in [3.63, 3.8) is 0 Å². The van der Waals surface area contributed by atoms with Gasteiger partial charge >= 0.3 is 0 Å². The summed E-state index contributed by atoms with van der Waals surface area (Å²) in [5.74, 6) is 1.27. The van der Waals surface area contributed by atoms with E-state index < -0.39 is 0 Å². The van der Waals surface area contributed by atoms with Crippen LogP contribution in [0.5, 0.6) is 5.75 Å². The number of carbonyl (C=O) groups is 2. The van der Waals surface area contributed by atoms with Crippen molar-refractivity contribution in [2.24, 2.45) is 5.92 Å². The van der Waals surface area contributed by atoms with Gasteiger partial charge < -0.3 is 15.0 Å². The highest BCUT2D eigenvalue weighted by atomic mass is 32.1. The molecule has 1 aromatic carbocycles. The molecule has 0 radical (unpaired) electrons. The van der Waals surface area contributed by atoms with Gasteiger partial charge in [0.05, 0.1) is 12.1 Å². The van der Waals surface area contributed by atoms with Crippen molar-refractivity contribution < 1.29 is 14.3 Å². The number of hydrogen-bond acceptors (Lipinski definition) is 5. The van der Waals surface area contributed by atoms with Crippen molar-refractivity contribution in [1.82, 2.24) is 4.90 Å². The Morgan fingerprint density at radius 2 is 2.17 bits per heavy atom. The summed E-state index contributed by atoms with van der Waals surface area (Å²) in [7, 11) is 1.65. The molecule has 1 spiro atoms. The zero-order chi connectivity index (χ0) is 20.2. The average molecular weight is 412 g/mol. The van der Waals surface area contributed by atoms with E-state index in [1.165, 1.54) is 11.8 Å². The minimum Gasteiger partial charge on any atom is -0.497 e. The van der Waals surface area contributed by atoms with Crippen molar-refractivity contribution in [2.75, 3.05) is 30.4 Å². The number of ether oxygens (including phenoxy) is 1. The van der Waals surface area contributed by atoms with Crippen LogP contribution in [0, 0.1) is 5.92 Å². The van der Waals surface area contributed by atoms with Gasteiger partial charge in [0.1, 0.15) is 11.3 Å². The largest absolute Gasteiger partial charge is 0.497 e. The SMILES string of the molecule is COc1cccc(N2C[C@@H]3C[C@@H](c4ccc(NC(C)=O)s4)N4CCC[C@@]34C2=O)c1. The van der Waals surface area contributed by atoms with Crippen LogP contribution in [0.3, 0.4) is 0 Å². The molecule has 1 N–H and O–H groups in total. The number of amides is 2. The first kappa shape index (κ1) is 18.6. The van der Waals surface area contributed by atoms with E-state index >= 15 is 0 Å². The molecule has 4 heterocycles. The maximum Gasteiger partial charge on any atom is 0.247 e. The third kappa shape index (κ3) is 2.79. The molecule has 6 nitrogen and oxygen atoms in total. The van der Waals surface area contributed by atoms with Crippen molar-refractivity contribution in [3.05, 3.63) is 41.3 Å². The molecular weight excluding hydrogens is 386 g/mol. The highest BCUT2D eigenvalue weighted by molar-refractivity contribution is 7.16. The molecular formula is C22H25N3O3S. The van der Waals surface area contributed by atoms with Gasteiger partial charge in [-0.05, 0) is 50.1 Å². The monoisotopic (exact) mass is 411 g/mol. The predicted octanol–water partition coefficient (Wildman–Crippen LogP) is 3.66. The topological polar surface area (TPSA) is 61.9 Å². The third-order valence-electron chi connectivity index (χ3n) is 6.67. The summed E-state index contributed by atoms with van der Waals surface area (Å²) in [6.07, 6.45) is 2.96. The van der Waals surface area contributed by atoms with Crippen LogP contribution >= 0.6 is 11.3 Å². The van der Waals surface area contributed by atoms with Gasteiger partial charge in [0.15, 0.2) is 0 Å². The molecule has 0 unspecified atom stereocenters. The first-order valence-electron chi connectivity index (χ1n) is 10.1. The molecule has 3 atom stereocenters. The standard InChI is InChI=1S/C22H25N3O3S/c1-14(26)23-20-8-7-19(29-20)18-11-15-13-24(16-5-3-6-17(12-16)28-2)21(27)22(15)9-4-10-25(18)22/h3,5-8,12,15,18H,4,9-11,13H2,1-2H3,(H,23,26)/t15-,18-,22-/m0/s1. The van der Waals surface area contributed by atoms with Crippen molar-refractivity contribution >= 4 is 33.8 Å². The van der Waals surface area contributed by atoms with Crippen LogP contribution in [0.4, 0.5) is 10.7 Å². The maximum absolute atomic E-state index is 13.7. The summed E-state index contributed by atoms with van der Waals surface area (Å²) >= 11 is 1.63. The Morgan fingerprint density at radius 1 is 1.31 bits per heavy atom. The van der Waals surface area contributed by atoms with E-state index in [9.17, 15) is 9.59 Å². The van der Waals surface area contributed by atoms with Gasteiger partial charge in [-0.1, -0.05) is 6.07 Å². The van der Waals surface area contributed by atoms with Gasteiger partial charge in [-0.3, -0.25) is 14.5 Å². The highest BCUT2D eigenvalue weighted by Crippen LogP contribution is 2.57. The quantitative estimate of drug-likeness (QED) is 0.834. The molecule has 3 aliphatic rings. The Labute approximate surface area is 174 Å². The van der Waals surface area contributed by atoms with E-state index in [4.69, 9.17) is 4.74 Å². The molecule has 2 amide bonds. The fourth-order valence-electron chi connectivity index (χ4n) is 5.54. The molecule has 0 aliphatic carbocycles. The lowest BCUT2D eigenvalue weighted by Gasteiger charge is -2.33. The number of carbonyl (C=O) groups excluding carboxylic acids is 2. The van der Waals surface area contributed by atoms with E-state index in [0.717, 1.165) is 48.8 Å². The third-order valence-corrected chi connectivity index (χ3v) is 7.77. The number of nitrogens with one attached hydrogen (secondary N) is 1. The second kappa shape index (κ2) is 6.85. The predicted molar refractivity (Wildman–Crippen MR) is 113 cm³/mol. The molecule has 3 saturated heterocycles. The lowest BCUT2D eigenvalue weighted by Crippen LogP contribution is -2.49. The summed E-state index contributed by atoms with van der Waals surface area (Å²) in [4.78, 5) is 30.7. The van der Waals surface area contributed by atoms with Gasteiger partial charge in [0.25, 0.3) is 0 Å². The fourth-order valence-corrected chi connectivity index (χ4v) is 6.62. The number of nitrogens with zero attached hydrogens (tertiary/aromatic N) is 2. The van der Waals surface area contributed by atoms with Gasteiger partial charge in [0.2, 0.25) is 11.8 Å². The molecule has 0 bridgehead atoms. The summed E-state index contributed by atoms with van der Waals surface area (Å²) < 4.78 is 5.36. The number of benzene rings is 1. The maximum atomic E-state index is 13.7. The van der Waals surface area contributed by atoms with Crippen LogP contribution in [-0.2, 0) is 9.59 Å². The van der Waals surface area contributed by atoms with Crippen LogP contribution < -0.4 is 15.0 Å². The van der Waals surface area contributed by atoms with E-state index in [-0.39, 0.29) is 23.4 Å². The summed E-state index contributed by atoms with van der Waals surface area (Å²) in [5.41, 5.74) is 0.539. The number of hydrogen-bond donors (Lipinski definition) is 1. The molecule has 152 valence electrons. The first-order valence-corrected chi connectivity index (χ1v) is 10.9. The summed E-state index contributed by atoms with van der Waals surface area (Å²) in [6, 6.07) is 12.1. The van der Waals surface area contributed by atoms with E-state index in [1.54, 1.807) is 18.4 Å². The number of anilines is 2. The summed E-state index contributed by atoms with van der Waals surface area (Å²) in [5, 5.41) is 3.76. The number of methoxy groups -OCH3 is 1. The Hall–Kier alpha value is -2.38. The molecule has 0 saturated carbocycles. The number of thiophene rings is 1. The van der Waals surface area contributed by atoms with Gasteiger partial charge in [-0.2, -0.15) is 0 Å². The zero-order valence-electron chi connectivity index (χ0n) is 16.7. The van der Waals surface area contributed by atoms with Crippen molar-refractivity contribution in [2.45, 2.75) is 37.8 Å². The van der Waals surface area contributed by atoms with E-state index in [2.05, 4.69) is 16.3 Å². The molecule has 29 heavy (non-hydrogen) atoms. The lowest BCUT2D eigenvalue weighted by molar-refractivity contribution is -0.126. The Bertz CT molecular complexity index is 974. The Balaban J connectivity index is 1.44. The molecule has 2 aromatic rings. The van der Waals surface area contributed by atoms with Gasteiger partial charge in [0, 0.05) is 42.1 Å². The minimum atomic E-state index is -0.383.